The van der Waals surface area contributed by atoms with Crippen LogP contribution in [0.25, 0.3) is 0 Å². The van der Waals surface area contributed by atoms with Crippen LogP contribution in [-0.2, 0) is 39.3 Å². The fourth-order valence-corrected chi connectivity index (χ4v) is 0. The molecule has 0 bridgehead atoms. The quantitative estimate of drug-likeness (QED) is 0.329. The smallest absolute Gasteiger partial charge is 2.00 e. The van der Waals surface area contributed by atoms with Crippen molar-refractivity contribution in [2.24, 2.45) is 0 Å². The van der Waals surface area contributed by atoms with Crippen LogP contribution in [0.15, 0.2) is 0 Å². The molecule has 2 radical (unpaired) electrons. The largest absolute Gasteiger partial charge is 2.00 e. The minimum absolute atomic E-state index is 0. The Kier molecular flexibility index (Phi) is 189. The molecule has 0 amide bonds. The number of hydrogen-bond donors (Lipinski definition) is 0. The molecule has 1 nitrogen and oxygen atoms in total. The zero-order valence-corrected chi connectivity index (χ0v) is 6.34. The summed E-state index contributed by atoms with van der Waals surface area (Å²) in [4.78, 5) is 0. The third-order valence-corrected chi connectivity index (χ3v) is 0. The van der Waals surface area contributed by atoms with Gasteiger partial charge in [-0.1, -0.05) is 0 Å². The molecule has 0 aromatic carbocycles. The van der Waals surface area contributed by atoms with Gasteiger partial charge in [0, 0.05) is 0 Å². The fraction of sp³-hybridized carbons (Fsp3) is 0. The van der Waals surface area contributed by atoms with Crippen LogP contribution in [0.1, 0.15) is 0 Å². The Labute approximate surface area is 68.2 Å². The zero-order chi connectivity index (χ0) is 0. The maximum atomic E-state index is 0. The van der Waals surface area contributed by atoms with Gasteiger partial charge in [-0.05, 0) is 0 Å². The molecule has 0 spiro atoms. The van der Waals surface area contributed by atoms with Crippen LogP contribution in [-0.4, -0.2) is 0 Å². The van der Waals surface area contributed by atoms with Crippen LogP contribution < -0.4 is 29.6 Å². The standard InChI is InChI=1S/Co.Mn.Na.O/q2*+2;+1;-2. The van der Waals surface area contributed by atoms with E-state index in [0.717, 1.165) is 0 Å². The van der Waals surface area contributed by atoms with Gasteiger partial charge in [0.05, 0.1) is 0 Å². The summed E-state index contributed by atoms with van der Waals surface area (Å²) < 4.78 is 0. The summed E-state index contributed by atoms with van der Waals surface area (Å²) in [6, 6.07) is 0. The molecule has 4 heavy (non-hydrogen) atoms. The van der Waals surface area contributed by atoms with E-state index in [9.17, 15) is 0 Å². The van der Waals surface area contributed by atoms with Crippen molar-refractivity contribution in [2.45, 2.75) is 0 Å². The van der Waals surface area contributed by atoms with Crippen LogP contribution in [0.5, 0.6) is 0 Å². The average molecular weight is 153 g/mol. The first-order valence-corrected chi connectivity index (χ1v) is 0. The molecule has 0 aliphatic rings. The SMILES string of the molecule is [Co+2].[Mn+2].[Na+].[O-2]. The van der Waals surface area contributed by atoms with Crippen LogP contribution in [0.2, 0.25) is 0 Å². The molecule has 0 unspecified atom stereocenters. The molecular formula is CoMnNaO+3. The molecule has 0 saturated carbocycles. The van der Waals surface area contributed by atoms with E-state index in [-0.39, 0.29) is 68.9 Å². The van der Waals surface area contributed by atoms with Crippen molar-refractivity contribution in [3.05, 3.63) is 0 Å². The first-order valence-electron chi connectivity index (χ1n) is 0. The van der Waals surface area contributed by atoms with Crippen molar-refractivity contribution in [2.75, 3.05) is 0 Å². The van der Waals surface area contributed by atoms with Crippen molar-refractivity contribution < 1.29 is 68.9 Å². The van der Waals surface area contributed by atoms with Gasteiger partial charge in [-0.25, -0.2) is 0 Å². The van der Waals surface area contributed by atoms with E-state index in [0.29, 0.717) is 0 Å². The molecule has 0 aromatic heterocycles. The van der Waals surface area contributed by atoms with Gasteiger partial charge in [0.15, 0.2) is 0 Å². The molecule has 20 valence electrons. The topological polar surface area (TPSA) is 28.5 Å². The number of hydrogen-bond acceptors (Lipinski definition) is 0. The normalized spacial score (nSPS) is 0. The van der Waals surface area contributed by atoms with Gasteiger partial charge < -0.3 is 5.48 Å². The van der Waals surface area contributed by atoms with Gasteiger partial charge in [0.1, 0.15) is 0 Å². The molecule has 0 fully saturated rings. The summed E-state index contributed by atoms with van der Waals surface area (Å²) >= 11 is 0. The zero-order valence-electron chi connectivity index (χ0n) is 2.12. The first kappa shape index (κ1) is 37.7. The maximum Gasteiger partial charge on any atom is 2.00 e. The maximum absolute atomic E-state index is 0. The Morgan fingerprint density at radius 3 is 1.00 bits per heavy atom. The fourth-order valence-electron chi connectivity index (χ4n) is 0. The molecule has 0 heterocycles. The Morgan fingerprint density at radius 2 is 1.00 bits per heavy atom. The van der Waals surface area contributed by atoms with Gasteiger partial charge in [-0.3, -0.25) is 0 Å². The van der Waals surface area contributed by atoms with E-state index in [4.69, 9.17) is 0 Å². The van der Waals surface area contributed by atoms with E-state index >= 15 is 0 Å². The predicted octanol–water partition coefficient (Wildman–Crippen LogP) is -3.12. The van der Waals surface area contributed by atoms with E-state index < -0.39 is 0 Å². The summed E-state index contributed by atoms with van der Waals surface area (Å²) in [5.74, 6) is 0. The van der Waals surface area contributed by atoms with E-state index in [1.807, 2.05) is 0 Å². The molecule has 0 saturated heterocycles. The number of rotatable bonds is 0. The minimum atomic E-state index is 0. The summed E-state index contributed by atoms with van der Waals surface area (Å²) in [6.45, 7) is 0. The second kappa shape index (κ2) is 20.1. The van der Waals surface area contributed by atoms with Gasteiger partial charge in [0.25, 0.3) is 0 Å². The molecule has 0 N–H and O–H groups in total. The summed E-state index contributed by atoms with van der Waals surface area (Å²) in [6.07, 6.45) is 0. The van der Waals surface area contributed by atoms with Crippen LogP contribution in [0.4, 0.5) is 0 Å². The minimum Gasteiger partial charge on any atom is -2.00 e. The van der Waals surface area contributed by atoms with Crippen molar-refractivity contribution in [1.29, 1.82) is 0 Å². The van der Waals surface area contributed by atoms with Crippen molar-refractivity contribution in [3.8, 4) is 0 Å². The summed E-state index contributed by atoms with van der Waals surface area (Å²) in [5.41, 5.74) is 0. The molecule has 0 aliphatic heterocycles. The average Bonchev–Trinajstić information content (AvgIpc) is 0. The van der Waals surface area contributed by atoms with Crippen molar-refractivity contribution >= 4 is 0 Å². The van der Waals surface area contributed by atoms with E-state index in [1.165, 1.54) is 0 Å². The molecular weight excluding hydrogens is 153 g/mol. The molecule has 0 atom stereocenters. The van der Waals surface area contributed by atoms with Gasteiger partial charge in [0.2, 0.25) is 0 Å². The summed E-state index contributed by atoms with van der Waals surface area (Å²) in [7, 11) is 0. The Morgan fingerprint density at radius 1 is 1.00 bits per heavy atom. The summed E-state index contributed by atoms with van der Waals surface area (Å²) in [5, 5.41) is 0. The van der Waals surface area contributed by atoms with Crippen LogP contribution >= 0.6 is 0 Å². The molecule has 4 heteroatoms. The molecule has 0 aliphatic carbocycles. The van der Waals surface area contributed by atoms with Crippen LogP contribution in [0.3, 0.4) is 0 Å². The van der Waals surface area contributed by atoms with E-state index in [1.54, 1.807) is 0 Å². The predicted molar refractivity (Wildman–Crippen MR) is 0.686 cm³/mol. The van der Waals surface area contributed by atoms with E-state index in [2.05, 4.69) is 0 Å². The van der Waals surface area contributed by atoms with Crippen molar-refractivity contribution in [1.82, 2.24) is 0 Å². The third-order valence-electron chi connectivity index (χ3n) is 0. The molecule has 0 rings (SSSR count). The third kappa shape index (κ3) is 9.01. The van der Waals surface area contributed by atoms with Crippen molar-refractivity contribution in [3.63, 3.8) is 0 Å². The van der Waals surface area contributed by atoms with Crippen LogP contribution in [0, 0.1) is 0 Å². The Hall–Kier alpha value is 1.99. The second-order valence-corrected chi connectivity index (χ2v) is 0. The Balaban J connectivity index is 0. The molecule has 0 aromatic rings. The van der Waals surface area contributed by atoms with Gasteiger partial charge in [-0.2, -0.15) is 0 Å². The van der Waals surface area contributed by atoms with Gasteiger partial charge >= 0.3 is 63.4 Å². The first-order chi connectivity index (χ1) is 0. The monoisotopic (exact) mass is 153 g/mol. The van der Waals surface area contributed by atoms with Gasteiger partial charge in [-0.15, -0.1) is 0 Å². The second-order valence-electron chi connectivity index (χ2n) is 0. The Bertz CT molecular complexity index is 8.00.